The average molecular weight is 441 g/mol. The number of unbranched alkanes of at least 4 members (excludes halogenated alkanes) is 1. The number of carbonyl (C=O) groups excluding carboxylic acids is 2. The Morgan fingerprint density at radius 3 is 2.15 bits per heavy atom. The van der Waals surface area contributed by atoms with Gasteiger partial charge in [-0.05, 0) is 12.8 Å². The monoisotopic (exact) mass is 440 g/mol. The van der Waals surface area contributed by atoms with Crippen LogP contribution in [0.3, 0.4) is 0 Å². The summed E-state index contributed by atoms with van der Waals surface area (Å²) in [6.45, 7) is 4.49. The first-order chi connectivity index (χ1) is 12.7. The summed E-state index contributed by atoms with van der Waals surface area (Å²) in [6.07, 6.45) is 4.62. The minimum absolute atomic E-state index is 0.0530. The Morgan fingerprint density at radius 2 is 1.58 bits per heavy atom. The van der Waals surface area contributed by atoms with Crippen molar-refractivity contribution in [2.45, 2.75) is 41.8 Å². The summed E-state index contributed by atoms with van der Waals surface area (Å²) < 4.78 is 12.0. The fraction of sp³-hybridized carbons (Fsp3) is 0.875. The zero-order valence-electron chi connectivity index (χ0n) is 15.1. The normalized spacial score (nSPS) is 17.7. The highest BCUT2D eigenvalue weighted by atomic mass is 33.2. The van der Waals surface area contributed by atoms with Crippen LogP contribution in [0.25, 0.3) is 0 Å². The Balaban J connectivity index is 1.41. The maximum Gasteiger partial charge on any atom is 0.225 e. The molecule has 2 rings (SSSR count). The van der Waals surface area contributed by atoms with Gasteiger partial charge >= 0.3 is 0 Å². The predicted octanol–water partition coefficient (Wildman–Crippen LogP) is 2.89. The van der Waals surface area contributed by atoms with Crippen molar-refractivity contribution in [3.05, 3.63) is 0 Å². The predicted molar refractivity (Wildman–Crippen MR) is 113 cm³/mol. The van der Waals surface area contributed by atoms with Crippen molar-refractivity contribution in [2.75, 3.05) is 39.5 Å². The number of carbonyl (C=O) groups is 2. The van der Waals surface area contributed by atoms with Crippen molar-refractivity contribution in [1.82, 2.24) is 10.6 Å². The van der Waals surface area contributed by atoms with Crippen molar-refractivity contribution in [2.24, 2.45) is 5.92 Å². The zero-order valence-corrected chi connectivity index (χ0v) is 18.3. The number of rotatable bonds is 16. The fourth-order valence-electron chi connectivity index (χ4n) is 2.37. The van der Waals surface area contributed by atoms with E-state index in [1.165, 1.54) is 19.8 Å². The molecule has 2 N–H and O–H groups in total. The molecular formula is C16H28N2O4S4. The summed E-state index contributed by atoms with van der Waals surface area (Å²) in [5.41, 5.74) is 0. The lowest BCUT2D eigenvalue weighted by Gasteiger charge is -2.14. The Morgan fingerprint density at radius 1 is 0.923 bits per heavy atom. The summed E-state index contributed by atoms with van der Waals surface area (Å²) in [6, 6.07) is 0. The largest absolute Gasteiger partial charge is 0.377 e. The summed E-state index contributed by atoms with van der Waals surface area (Å²) >= 11 is 0. The van der Waals surface area contributed by atoms with Gasteiger partial charge in [0.1, 0.15) is 0 Å². The molecule has 150 valence electrons. The molecule has 2 aliphatic rings. The molecule has 2 aliphatic heterocycles. The third kappa shape index (κ3) is 11.2. The molecule has 10 heteroatoms. The number of amides is 2. The molecule has 0 aromatic rings. The van der Waals surface area contributed by atoms with Gasteiger partial charge in [0.25, 0.3) is 0 Å². The van der Waals surface area contributed by atoms with Gasteiger partial charge < -0.3 is 20.1 Å². The number of hydrogen-bond acceptors (Lipinski definition) is 8. The first kappa shape index (κ1) is 22.5. The smallest absolute Gasteiger partial charge is 0.225 e. The molecule has 2 saturated heterocycles. The van der Waals surface area contributed by atoms with Gasteiger partial charge in [-0.2, -0.15) is 0 Å². The van der Waals surface area contributed by atoms with Gasteiger partial charge in [-0.3, -0.25) is 9.59 Å². The minimum Gasteiger partial charge on any atom is -0.377 e. The van der Waals surface area contributed by atoms with E-state index in [2.05, 4.69) is 10.6 Å². The lowest BCUT2D eigenvalue weighted by atomic mass is 10.0. The molecule has 2 fully saturated rings. The molecule has 1 unspecified atom stereocenters. The van der Waals surface area contributed by atoms with Gasteiger partial charge in [0.15, 0.2) is 0 Å². The van der Waals surface area contributed by atoms with Gasteiger partial charge in [0, 0.05) is 20.0 Å². The van der Waals surface area contributed by atoms with E-state index in [0.717, 1.165) is 17.4 Å². The number of ether oxygens (including phenoxy) is 2. The SMILES string of the molecule is CC(=O)NCCOCCOCCNC(=O)C(CCCCC1SS1)C1SS1. The maximum atomic E-state index is 12.4. The number of hydrogen-bond donors (Lipinski definition) is 2. The van der Waals surface area contributed by atoms with Crippen LogP contribution in [0, 0.1) is 5.92 Å². The summed E-state index contributed by atoms with van der Waals surface area (Å²) in [5.74, 6) is 0.238. The van der Waals surface area contributed by atoms with Crippen LogP contribution in [0.2, 0.25) is 0 Å². The molecule has 2 amide bonds. The van der Waals surface area contributed by atoms with E-state index in [1.54, 1.807) is 0 Å². The van der Waals surface area contributed by atoms with Gasteiger partial charge in [0.2, 0.25) is 11.8 Å². The minimum atomic E-state index is -0.0530. The highest BCUT2D eigenvalue weighted by molar-refractivity contribution is 8.93. The molecular weight excluding hydrogens is 412 g/mol. The molecule has 0 aromatic heterocycles. The van der Waals surface area contributed by atoms with Gasteiger partial charge in [-0.15, -0.1) is 0 Å². The molecule has 0 aliphatic carbocycles. The second-order valence-corrected chi connectivity index (χ2v) is 11.9. The lowest BCUT2D eigenvalue weighted by molar-refractivity contribution is -0.125. The second-order valence-electron chi connectivity index (χ2n) is 6.07. The Labute approximate surface area is 171 Å². The lowest BCUT2D eigenvalue weighted by Crippen LogP contribution is -2.35. The number of nitrogens with one attached hydrogen (secondary N) is 2. The molecule has 26 heavy (non-hydrogen) atoms. The van der Waals surface area contributed by atoms with Crippen molar-refractivity contribution >= 4 is 55.0 Å². The van der Waals surface area contributed by atoms with E-state index in [1.807, 2.05) is 43.2 Å². The van der Waals surface area contributed by atoms with E-state index in [-0.39, 0.29) is 17.7 Å². The fourth-order valence-corrected chi connectivity index (χ4v) is 5.63. The van der Waals surface area contributed by atoms with E-state index < -0.39 is 0 Å². The van der Waals surface area contributed by atoms with Crippen molar-refractivity contribution in [3.8, 4) is 0 Å². The summed E-state index contributed by atoms with van der Waals surface area (Å²) in [7, 11) is 7.56. The summed E-state index contributed by atoms with van der Waals surface area (Å²) in [5, 5.41) is 5.67. The van der Waals surface area contributed by atoms with Gasteiger partial charge in [-0.1, -0.05) is 56.0 Å². The van der Waals surface area contributed by atoms with Gasteiger partial charge in [0.05, 0.1) is 41.5 Å². The van der Waals surface area contributed by atoms with Crippen LogP contribution in [0.4, 0.5) is 0 Å². The standard InChI is InChI=1S/C16H28N2O4S4/c1-12(19)17-6-8-21-10-11-22-9-7-18-15(20)13(16-25-26-16)4-2-3-5-14-23-24-14/h13-14,16H,2-11H2,1H3,(H,17,19)(H,18,20). The third-order valence-corrected chi connectivity index (χ3v) is 8.49. The molecule has 0 spiro atoms. The molecule has 2 heterocycles. The molecule has 0 aromatic carbocycles. The van der Waals surface area contributed by atoms with E-state index in [4.69, 9.17) is 9.47 Å². The van der Waals surface area contributed by atoms with E-state index in [9.17, 15) is 9.59 Å². The third-order valence-electron chi connectivity index (χ3n) is 3.85. The quantitative estimate of drug-likeness (QED) is 0.216. The first-order valence-corrected chi connectivity index (χ1v) is 13.5. The van der Waals surface area contributed by atoms with Crippen LogP contribution in [-0.4, -0.2) is 60.5 Å². The summed E-state index contributed by atoms with van der Waals surface area (Å²) in [4.78, 5) is 23.0. The van der Waals surface area contributed by atoms with E-state index >= 15 is 0 Å². The van der Waals surface area contributed by atoms with Crippen LogP contribution in [0.15, 0.2) is 0 Å². The van der Waals surface area contributed by atoms with Crippen molar-refractivity contribution < 1.29 is 19.1 Å². The van der Waals surface area contributed by atoms with Crippen LogP contribution in [-0.2, 0) is 19.1 Å². The molecule has 0 saturated carbocycles. The Bertz CT molecular complexity index is 436. The van der Waals surface area contributed by atoms with Crippen LogP contribution in [0.1, 0.15) is 32.6 Å². The zero-order chi connectivity index (χ0) is 18.6. The second kappa shape index (κ2) is 13.4. The molecule has 0 radical (unpaired) electrons. The highest BCUT2D eigenvalue weighted by Gasteiger charge is 2.38. The Hall–Kier alpha value is 0.260. The topological polar surface area (TPSA) is 76.7 Å². The highest BCUT2D eigenvalue weighted by Crippen LogP contribution is 2.58. The van der Waals surface area contributed by atoms with Crippen LogP contribution >= 0.6 is 43.2 Å². The van der Waals surface area contributed by atoms with Crippen molar-refractivity contribution in [1.29, 1.82) is 0 Å². The first-order valence-electron chi connectivity index (χ1n) is 8.98. The van der Waals surface area contributed by atoms with Crippen LogP contribution in [0.5, 0.6) is 0 Å². The average Bonchev–Trinajstić information content (AvgIpc) is 3.50. The van der Waals surface area contributed by atoms with Crippen molar-refractivity contribution in [3.63, 3.8) is 0 Å². The Kier molecular flexibility index (Phi) is 11.7. The molecule has 0 bridgehead atoms. The van der Waals surface area contributed by atoms with Gasteiger partial charge in [-0.25, -0.2) is 0 Å². The molecule has 6 nitrogen and oxygen atoms in total. The maximum absolute atomic E-state index is 12.4. The molecule has 1 atom stereocenters. The van der Waals surface area contributed by atoms with Crippen LogP contribution < -0.4 is 10.6 Å². The van der Waals surface area contributed by atoms with E-state index in [0.29, 0.717) is 44.1 Å².